The van der Waals surface area contributed by atoms with Gasteiger partial charge in [-0.25, -0.2) is 4.98 Å². The Balaban J connectivity index is 1.73. The fraction of sp³-hybridized carbons (Fsp3) is 0.176. The first kappa shape index (κ1) is 16.3. The molecule has 3 aromatic rings. The third-order valence-corrected chi connectivity index (χ3v) is 3.87. The van der Waals surface area contributed by atoms with E-state index in [1.165, 1.54) is 6.07 Å². The fourth-order valence-corrected chi connectivity index (χ4v) is 2.59. The predicted molar refractivity (Wildman–Crippen MR) is 92.7 cm³/mol. The number of anilines is 1. The van der Waals surface area contributed by atoms with E-state index < -0.39 is 4.92 Å². The molecule has 8 nitrogen and oxygen atoms in total. The van der Waals surface area contributed by atoms with Gasteiger partial charge in [0, 0.05) is 29.7 Å². The van der Waals surface area contributed by atoms with Gasteiger partial charge in [0.1, 0.15) is 29.4 Å². The second-order valence-electron chi connectivity index (χ2n) is 5.36. The Morgan fingerprint density at radius 1 is 1.44 bits per heavy atom. The summed E-state index contributed by atoms with van der Waals surface area (Å²) in [7, 11) is 1.62. The van der Waals surface area contributed by atoms with Gasteiger partial charge < -0.3 is 15.0 Å². The number of ether oxygens (including phenoxy) is 1. The molecule has 0 aliphatic heterocycles. The van der Waals surface area contributed by atoms with Crippen molar-refractivity contribution in [3.05, 3.63) is 57.9 Å². The average Bonchev–Trinajstić information content (AvgIpc) is 3.04. The Morgan fingerprint density at radius 3 is 3.00 bits per heavy atom. The largest absolute Gasteiger partial charge is 0.497 e. The highest BCUT2D eigenvalue weighted by molar-refractivity contribution is 5.84. The zero-order valence-corrected chi connectivity index (χ0v) is 13.4. The minimum Gasteiger partial charge on any atom is -0.497 e. The first-order valence-electron chi connectivity index (χ1n) is 7.55. The summed E-state index contributed by atoms with van der Waals surface area (Å²) in [5.41, 5.74) is 2.06. The third kappa shape index (κ3) is 3.35. The van der Waals surface area contributed by atoms with E-state index in [4.69, 9.17) is 10.00 Å². The van der Waals surface area contributed by atoms with E-state index in [2.05, 4.69) is 15.3 Å². The van der Waals surface area contributed by atoms with Crippen LogP contribution in [0.3, 0.4) is 0 Å². The maximum atomic E-state index is 10.7. The predicted octanol–water partition coefficient (Wildman–Crippen LogP) is 3.01. The van der Waals surface area contributed by atoms with Crippen molar-refractivity contribution in [3.8, 4) is 11.8 Å². The molecular weight excluding hydrogens is 322 g/mol. The summed E-state index contributed by atoms with van der Waals surface area (Å²) in [6, 6.07) is 8.95. The van der Waals surface area contributed by atoms with Crippen molar-refractivity contribution in [2.24, 2.45) is 0 Å². The van der Waals surface area contributed by atoms with Crippen molar-refractivity contribution in [2.75, 3.05) is 19.0 Å². The third-order valence-electron chi connectivity index (χ3n) is 3.87. The minimum atomic E-state index is -0.572. The lowest BCUT2D eigenvalue weighted by Gasteiger charge is -2.07. The first-order chi connectivity index (χ1) is 12.1. The second-order valence-corrected chi connectivity index (χ2v) is 5.36. The number of nitrogens with zero attached hydrogens (tertiary/aromatic N) is 3. The van der Waals surface area contributed by atoms with Gasteiger partial charge in [0.25, 0.3) is 5.69 Å². The number of H-pyrrole nitrogens is 1. The van der Waals surface area contributed by atoms with Crippen LogP contribution in [0.5, 0.6) is 5.75 Å². The maximum Gasteiger partial charge on any atom is 0.289 e. The molecule has 0 radical (unpaired) electrons. The maximum absolute atomic E-state index is 10.7. The van der Waals surface area contributed by atoms with Crippen LogP contribution in [0.4, 0.5) is 11.5 Å². The molecule has 0 saturated carbocycles. The molecular formula is C17H15N5O3. The molecule has 8 heteroatoms. The van der Waals surface area contributed by atoms with Crippen LogP contribution in [0.15, 0.2) is 36.7 Å². The summed E-state index contributed by atoms with van der Waals surface area (Å²) >= 11 is 0. The number of benzene rings is 1. The molecule has 0 amide bonds. The molecule has 2 aromatic heterocycles. The van der Waals surface area contributed by atoms with Gasteiger partial charge in [0.05, 0.1) is 12.0 Å². The van der Waals surface area contributed by atoms with Crippen LogP contribution in [0.2, 0.25) is 0 Å². The molecule has 126 valence electrons. The fourth-order valence-electron chi connectivity index (χ4n) is 2.59. The minimum absolute atomic E-state index is 0.148. The van der Waals surface area contributed by atoms with Crippen LogP contribution >= 0.6 is 0 Å². The van der Waals surface area contributed by atoms with Gasteiger partial charge in [-0.15, -0.1) is 0 Å². The van der Waals surface area contributed by atoms with Gasteiger partial charge in [0.2, 0.25) is 0 Å². The molecule has 2 N–H and O–H groups in total. The van der Waals surface area contributed by atoms with Gasteiger partial charge in [-0.2, -0.15) is 5.26 Å². The Morgan fingerprint density at radius 2 is 2.28 bits per heavy atom. The lowest BCUT2D eigenvalue weighted by Crippen LogP contribution is -2.08. The Bertz CT molecular complexity index is 974. The van der Waals surface area contributed by atoms with Crippen molar-refractivity contribution < 1.29 is 9.66 Å². The Kier molecular flexibility index (Phi) is 4.48. The average molecular weight is 337 g/mol. The van der Waals surface area contributed by atoms with E-state index in [9.17, 15) is 10.1 Å². The molecule has 0 aliphatic rings. The highest BCUT2D eigenvalue weighted by Crippen LogP contribution is 2.24. The topological polar surface area (TPSA) is 117 Å². The van der Waals surface area contributed by atoms with E-state index in [-0.39, 0.29) is 11.3 Å². The van der Waals surface area contributed by atoms with Crippen molar-refractivity contribution in [2.45, 2.75) is 6.42 Å². The number of methoxy groups -OCH3 is 1. The van der Waals surface area contributed by atoms with E-state index in [0.717, 1.165) is 28.4 Å². The monoisotopic (exact) mass is 337 g/mol. The summed E-state index contributed by atoms with van der Waals surface area (Å²) in [5, 5.41) is 24.0. The summed E-state index contributed by atoms with van der Waals surface area (Å²) in [5.74, 6) is 1.12. The van der Waals surface area contributed by atoms with Gasteiger partial charge >= 0.3 is 0 Å². The Hall–Kier alpha value is -3.60. The number of aromatic amines is 1. The summed E-state index contributed by atoms with van der Waals surface area (Å²) < 4.78 is 5.25. The lowest BCUT2D eigenvalue weighted by molar-refractivity contribution is -0.385. The number of hydrogen-bond acceptors (Lipinski definition) is 6. The van der Waals surface area contributed by atoms with Crippen molar-refractivity contribution >= 4 is 22.4 Å². The molecule has 1 aromatic carbocycles. The van der Waals surface area contributed by atoms with Crippen LogP contribution in [0.1, 0.15) is 11.1 Å². The number of fused-ring (bicyclic) bond motifs is 1. The Labute approximate surface area is 143 Å². The van der Waals surface area contributed by atoms with Crippen LogP contribution in [-0.4, -0.2) is 28.5 Å². The van der Waals surface area contributed by atoms with E-state index in [1.54, 1.807) is 7.11 Å². The molecule has 2 heterocycles. The van der Waals surface area contributed by atoms with Crippen LogP contribution in [0.25, 0.3) is 10.9 Å². The van der Waals surface area contributed by atoms with Crippen LogP contribution in [0, 0.1) is 21.4 Å². The van der Waals surface area contributed by atoms with Gasteiger partial charge in [-0.05, 0) is 30.2 Å². The molecule has 0 fully saturated rings. The van der Waals surface area contributed by atoms with Gasteiger partial charge in [-0.1, -0.05) is 0 Å². The number of nitro groups is 1. The summed E-state index contributed by atoms with van der Waals surface area (Å²) in [4.78, 5) is 17.4. The number of nitrogens with one attached hydrogen (secondary N) is 2. The molecule has 25 heavy (non-hydrogen) atoms. The van der Waals surface area contributed by atoms with Crippen molar-refractivity contribution in [1.29, 1.82) is 5.26 Å². The molecule has 0 spiro atoms. The van der Waals surface area contributed by atoms with Crippen LogP contribution in [-0.2, 0) is 6.42 Å². The van der Waals surface area contributed by atoms with Crippen molar-refractivity contribution in [1.82, 2.24) is 9.97 Å². The number of aromatic nitrogens is 2. The van der Waals surface area contributed by atoms with E-state index in [0.29, 0.717) is 18.8 Å². The van der Waals surface area contributed by atoms with Gasteiger partial charge in [-0.3, -0.25) is 10.1 Å². The number of rotatable bonds is 6. The highest BCUT2D eigenvalue weighted by atomic mass is 16.6. The smallest absolute Gasteiger partial charge is 0.289 e. The second kappa shape index (κ2) is 6.88. The molecule has 0 bridgehead atoms. The van der Waals surface area contributed by atoms with E-state index in [1.807, 2.05) is 30.5 Å². The zero-order valence-electron chi connectivity index (χ0n) is 13.4. The molecule has 0 atom stereocenters. The molecule has 0 saturated heterocycles. The number of nitriles is 1. The first-order valence-corrected chi connectivity index (χ1v) is 7.55. The highest BCUT2D eigenvalue weighted by Gasteiger charge is 2.12. The number of hydrogen-bond donors (Lipinski definition) is 2. The standard InChI is InChI=1S/C17H15N5O3/c1-25-14-2-3-16-15(7-14)11(9-20-16)4-5-19-17-12(8-18)6-13(10-21-17)22(23)24/h2-3,6-7,9-10,20H,4-5H2,1H3,(H,19,21). The lowest BCUT2D eigenvalue weighted by atomic mass is 10.1. The SMILES string of the molecule is COc1ccc2[nH]cc(CCNc3ncc([N+](=O)[O-])cc3C#N)c2c1. The summed E-state index contributed by atoms with van der Waals surface area (Å²) in [6.45, 7) is 0.531. The van der Waals surface area contributed by atoms with Crippen LogP contribution < -0.4 is 10.1 Å². The summed E-state index contributed by atoms with van der Waals surface area (Å²) in [6.07, 6.45) is 3.76. The molecule has 3 rings (SSSR count). The van der Waals surface area contributed by atoms with Crippen molar-refractivity contribution in [3.63, 3.8) is 0 Å². The molecule has 0 unspecified atom stereocenters. The molecule has 0 aliphatic carbocycles. The van der Waals surface area contributed by atoms with Gasteiger partial charge in [0.15, 0.2) is 0 Å². The zero-order chi connectivity index (χ0) is 17.8. The number of pyridine rings is 1. The quantitative estimate of drug-likeness (QED) is 0.527. The van der Waals surface area contributed by atoms with E-state index >= 15 is 0 Å². The normalized spacial score (nSPS) is 10.4.